The summed E-state index contributed by atoms with van der Waals surface area (Å²) in [4.78, 5) is 11.1. The minimum atomic E-state index is -0.267. The van der Waals surface area contributed by atoms with Crippen molar-refractivity contribution in [1.82, 2.24) is 0 Å². The molecule has 92 valence electrons. The van der Waals surface area contributed by atoms with Crippen molar-refractivity contribution in [1.29, 1.82) is 0 Å². The first-order valence-corrected chi connectivity index (χ1v) is 5.87. The van der Waals surface area contributed by atoms with Crippen LogP contribution < -0.4 is 5.73 Å². The highest BCUT2D eigenvalue weighted by atomic mass is 35.5. The second-order valence-corrected chi connectivity index (χ2v) is 4.12. The van der Waals surface area contributed by atoms with E-state index in [0.717, 1.165) is 5.56 Å². The average molecular weight is 274 g/mol. The molecule has 0 aliphatic rings. The number of hydrogen-bond donors (Lipinski definition) is 1. The van der Waals surface area contributed by atoms with E-state index in [1.54, 1.807) is 31.2 Å². The third-order valence-electron chi connectivity index (χ3n) is 2.00. The highest BCUT2D eigenvalue weighted by Gasteiger charge is 2.03. The van der Waals surface area contributed by atoms with E-state index in [1.807, 2.05) is 0 Å². The number of esters is 1. The van der Waals surface area contributed by atoms with Crippen LogP contribution in [0.4, 0.5) is 5.69 Å². The number of nitrogens with two attached hydrogens (primary N) is 1. The van der Waals surface area contributed by atoms with Crippen LogP contribution in [0.5, 0.6) is 0 Å². The lowest BCUT2D eigenvalue weighted by Crippen LogP contribution is -2.01. The molecule has 0 saturated carbocycles. The number of rotatable bonds is 4. The summed E-state index contributed by atoms with van der Waals surface area (Å²) in [6, 6.07) is 3.37. The number of ether oxygens (including phenoxy) is 1. The number of halogens is 2. The fourth-order valence-electron chi connectivity index (χ4n) is 1.21. The fraction of sp³-hybridized carbons (Fsp3) is 0.250. The van der Waals surface area contributed by atoms with Gasteiger partial charge in [-0.2, -0.15) is 0 Å². The van der Waals surface area contributed by atoms with Crippen LogP contribution in [0.2, 0.25) is 10.0 Å². The van der Waals surface area contributed by atoms with Gasteiger partial charge in [0.25, 0.3) is 0 Å². The molecule has 0 radical (unpaired) electrons. The van der Waals surface area contributed by atoms with Crippen LogP contribution in [0.3, 0.4) is 0 Å². The van der Waals surface area contributed by atoms with Gasteiger partial charge in [-0.05, 0) is 24.6 Å². The van der Waals surface area contributed by atoms with Gasteiger partial charge < -0.3 is 10.5 Å². The van der Waals surface area contributed by atoms with Gasteiger partial charge >= 0.3 is 5.97 Å². The van der Waals surface area contributed by atoms with Gasteiger partial charge in [-0.25, -0.2) is 0 Å². The quantitative estimate of drug-likeness (QED) is 0.674. The zero-order chi connectivity index (χ0) is 12.8. The van der Waals surface area contributed by atoms with Crippen molar-refractivity contribution in [2.24, 2.45) is 0 Å². The molecule has 0 heterocycles. The summed E-state index contributed by atoms with van der Waals surface area (Å²) >= 11 is 11.8. The van der Waals surface area contributed by atoms with Crippen molar-refractivity contribution in [3.63, 3.8) is 0 Å². The second kappa shape index (κ2) is 6.52. The van der Waals surface area contributed by atoms with Crippen LogP contribution in [0, 0.1) is 0 Å². The lowest BCUT2D eigenvalue weighted by molar-refractivity contribution is -0.142. The Labute approximate surface area is 110 Å². The van der Waals surface area contributed by atoms with Gasteiger partial charge in [-0.1, -0.05) is 35.4 Å². The van der Waals surface area contributed by atoms with Crippen molar-refractivity contribution < 1.29 is 9.53 Å². The number of carbonyl (C=O) groups excluding carboxylic acids is 1. The fourth-order valence-corrected chi connectivity index (χ4v) is 1.72. The van der Waals surface area contributed by atoms with Gasteiger partial charge in [0.05, 0.1) is 28.8 Å². The molecular formula is C12H13Cl2NO2. The van der Waals surface area contributed by atoms with Gasteiger partial charge in [0.1, 0.15) is 0 Å². The zero-order valence-corrected chi connectivity index (χ0v) is 10.9. The van der Waals surface area contributed by atoms with Crippen LogP contribution in [0.25, 0.3) is 6.08 Å². The molecule has 0 saturated heterocycles. The van der Waals surface area contributed by atoms with E-state index < -0.39 is 0 Å². The van der Waals surface area contributed by atoms with E-state index in [-0.39, 0.29) is 12.4 Å². The molecule has 0 amide bonds. The molecule has 0 unspecified atom stereocenters. The SMILES string of the molecule is CCOC(=O)CC=Cc1cc(Cl)c(N)c(Cl)c1. The summed E-state index contributed by atoms with van der Waals surface area (Å²) in [7, 11) is 0. The molecule has 0 atom stereocenters. The Kier molecular flexibility index (Phi) is 5.32. The second-order valence-electron chi connectivity index (χ2n) is 3.31. The Morgan fingerprint density at radius 1 is 1.41 bits per heavy atom. The van der Waals surface area contributed by atoms with Crippen LogP contribution in [0.1, 0.15) is 18.9 Å². The van der Waals surface area contributed by atoms with Crippen molar-refractivity contribution >= 4 is 40.9 Å². The van der Waals surface area contributed by atoms with Gasteiger partial charge in [0, 0.05) is 0 Å². The number of hydrogen-bond acceptors (Lipinski definition) is 3. The summed E-state index contributed by atoms with van der Waals surface area (Å²) < 4.78 is 4.78. The molecule has 3 nitrogen and oxygen atoms in total. The van der Waals surface area contributed by atoms with E-state index in [0.29, 0.717) is 22.3 Å². The molecular weight excluding hydrogens is 261 g/mol. The predicted molar refractivity (Wildman–Crippen MR) is 71.2 cm³/mol. The van der Waals surface area contributed by atoms with Crippen LogP contribution >= 0.6 is 23.2 Å². The van der Waals surface area contributed by atoms with E-state index in [9.17, 15) is 4.79 Å². The molecule has 5 heteroatoms. The minimum absolute atomic E-state index is 0.216. The topological polar surface area (TPSA) is 52.3 Å². The molecule has 0 bridgehead atoms. The van der Waals surface area contributed by atoms with E-state index in [4.69, 9.17) is 33.7 Å². The molecule has 0 spiro atoms. The first kappa shape index (κ1) is 13.9. The Balaban J connectivity index is 2.69. The van der Waals surface area contributed by atoms with Crippen molar-refractivity contribution in [2.75, 3.05) is 12.3 Å². The Hall–Kier alpha value is -1.19. The maximum Gasteiger partial charge on any atom is 0.309 e. The third-order valence-corrected chi connectivity index (χ3v) is 2.63. The summed E-state index contributed by atoms with van der Waals surface area (Å²) in [5.41, 5.74) is 6.75. The van der Waals surface area contributed by atoms with E-state index in [2.05, 4.69) is 0 Å². The Bertz CT molecular complexity index is 421. The molecule has 17 heavy (non-hydrogen) atoms. The lowest BCUT2D eigenvalue weighted by Gasteiger charge is -2.02. The smallest absolute Gasteiger partial charge is 0.309 e. The summed E-state index contributed by atoms with van der Waals surface area (Å²) in [5, 5.41) is 0.793. The van der Waals surface area contributed by atoms with Crippen molar-refractivity contribution in [2.45, 2.75) is 13.3 Å². The summed E-state index contributed by atoms with van der Waals surface area (Å²) in [6.45, 7) is 2.15. The number of anilines is 1. The van der Waals surface area contributed by atoms with E-state index in [1.165, 1.54) is 0 Å². The molecule has 0 aliphatic carbocycles. The largest absolute Gasteiger partial charge is 0.466 e. The molecule has 0 aromatic heterocycles. The molecule has 0 aliphatic heterocycles. The number of benzene rings is 1. The van der Waals surface area contributed by atoms with Crippen molar-refractivity contribution in [3.05, 3.63) is 33.8 Å². The van der Waals surface area contributed by atoms with Gasteiger partial charge in [0.15, 0.2) is 0 Å². The number of carbonyl (C=O) groups is 1. The molecule has 2 N–H and O–H groups in total. The first-order valence-electron chi connectivity index (χ1n) is 5.11. The Morgan fingerprint density at radius 2 is 2.00 bits per heavy atom. The van der Waals surface area contributed by atoms with Gasteiger partial charge in [0.2, 0.25) is 0 Å². The predicted octanol–water partition coefficient (Wildman–Crippen LogP) is 3.54. The Morgan fingerprint density at radius 3 is 2.53 bits per heavy atom. The first-order chi connectivity index (χ1) is 8.04. The molecule has 0 fully saturated rings. The highest BCUT2D eigenvalue weighted by Crippen LogP contribution is 2.29. The van der Waals surface area contributed by atoms with E-state index >= 15 is 0 Å². The normalized spacial score (nSPS) is 10.8. The van der Waals surface area contributed by atoms with Crippen molar-refractivity contribution in [3.8, 4) is 0 Å². The average Bonchev–Trinajstić information content (AvgIpc) is 2.26. The number of nitrogen functional groups attached to an aromatic ring is 1. The highest BCUT2D eigenvalue weighted by molar-refractivity contribution is 6.39. The summed E-state index contributed by atoms with van der Waals surface area (Å²) in [6.07, 6.45) is 3.65. The molecule has 1 rings (SSSR count). The third kappa shape index (κ3) is 4.29. The zero-order valence-electron chi connectivity index (χ0n) is 9.37. The van der Waals surface area contributed by atoms with Crippen LogP contribution in [0.15, 0.2) is 18.2 Å². The maximum absolute atomic E-state index is 11.1. The lowest BCUT2D eigenvalue weighted by atomic mass is 10.2. The monoisotopic (exact) mass is 273 g/mol. The standard InChI is InChI=1S/C12H13Cl2NO2/c1-2-17-11(16)5-3-4-8-6-9(13)12(15)10(14)7-8/h3-4,6-7H,2,5,15H2,1H3. The van der Waals surface area contributed by atoms with Gasteiger partial charge in [-0.15, -0.1) is 0 Å². The molecule has 1 aromatic rings. The minimum Gasteiger partial charge on any atom is -0.466 e. The maximum atomic E-state index is 11.1. The van der Waals surface area contributed by atoms with Crippen LogP contribution in [-0.2, 0) is 9.53 Å². The summed E-state index contributed by atoms with van der Waals surface area (Å²) in [5.74, 6) is -0.267. The van der Waals surface area contributed by atoms with Crippen LogP contribution in [-0.4, -0.2) is 12.6 Å². The molecule has 1 aromatic carbocycles. The van der Waals surface area contributed by atoms with Gasteiger partial charge in [-0.3, -0.25) is 4.79 Å².